The highest BCUT2D eigenvalue weighted by Gasteiger charge is 2.15. The molecule has 0 aliphatic heterocycles. The van der Waals surface area contributed by atoms with E-state index < -0.39 is 11.8 Å². The Morgan fingerprint density at radius 3 is 2.67 bits per heavy atom. The van der Waals surface area contributed by atoms with E-state index in [1.165, 1.54) is 37.5 Å². The Morgan fingerprint density at radius 1 is 1.21 bits per heavy atom. The number of amides is 1. The number of benzene rings is 1. The molecule has 0 unspecified atom stereocenters. The molecule has 0 aromatic heterocycles. The van der Waals surface area contributed by atoms with E-state index in [0.29, 0.717) is 22.7 Å². The molecule has 1 aliphatic carbocycles. The summed E-state index contributed by atoms with van der Waals surface area (Å²) in [4.78, 5) is 23.3. The number of rotatable bonds is 7. The lowest BCUT2D eigenvalue weighted by Gasteiger charge is -2.21. The fourth-order valence-corrected chi connectivity index (χ4v) is 3.08. The smallest absolute Gasteiger partial charge is 0.344 e. The Bertz CT molecular complexity index is 576. The first-order valence-corrected chi connectivity index (χ1v) is 8.84. The molecule has 1 aliphatic rings. The Hall–Kier alpha value is -1.63. The predicted octanol–water partition coefficient (Wildman–Crippen LogP) is 3.21. The Morgan fingerprint density at radius 2 is 1.96 bits per heavy atom. The van der Waals surface area contributed by atoms with Crippen molar-refractivity contribution in [2.45, 2.75) is 32.1 Å². The van der Waals surface area contributed by atoms with Crippen molar-refractivity contribution < 1.29 is 23.5 Å². The maximum absolute atomic E-state index is 12.9. The maximum atomic E-state index is 12.9. The summed E-state index contributed by atoms with van der Waals surface area (Å²) in [6, 6.07) is 3.87. The van der Waals surface area contributed by atoms with Crippen LogP contribution in [0.15, 0.2) is 22.7 Å². The van der Waals surface area contributed by atoms with Crippen LogP contribution in [-0.4, -0.2) is 31.6 Å². The molecule has 1 aromatic rings. The maximum Gasteiger partial charge on any atom is 0.344 e. The number of carbonyl (C=O) groups excluding carboxylic acids is 2. The fourth-order valence-electron chi connectivity index (χ4n) is 2.62. The molecule has 0 bridgehead atoms. The highest BCUT2D eigenvalue weighted by atomic mass is 79.9. The van der Waals surface area contributed by atoms with Crippen LogP contribution in [0.1, 0.15) is 32.1 Å². The molecule has 1 N–H and O–H groups in total. The normalized spacial score (nSPS) is 14.9. The second-order valence-electron chi connectivity index (χ2n) is 5.83. The van der Waals surface area contributed by atoms with Crippen LogP contribution in [0.5, 0.6) is 5.75 Å². The third-order valence-corrected chi connectivity index (χ3v) is 4.54. The molecule has 7 heteroatoms. The highest BCUT2D eigenvalue weighted by Crippen LogP contribution is 2.25. The van der Waals surface area contributed by atoms with E-state index in [1.807, 2.05) is 0 Å². The molecule has 1 amide bonds. The zero-order valence-electron chi connectivity index (χ0n) is 13.4. The second kappa shape index (κ2) is 9.61. The molecule has 24 heavy (non-hydrogen) atoms. The van der Waals surface area contributed by atoms with Crippen LogP contribution in [0.3, 0.4) is 0 Å². The lowest BCUT2D eigenvalue weighted by atomic mass is 9.89. The third-order valence-electron chi connectivity index (χ3n) is 3.92. The zero-order valence-corrected chi connectivity index (χ0v) is 14.9. The third kappa shape index (κ3) is 6.47. The molecule has 1 saturated carbocycles. The summed E-state index contributed by atoms with van der Waals surface area (Å²) in [5, 5.41) is 2.79. The first-order valence-electron chi connectivity index (χ1n) is 8.05. The monoisotopic (exact) mass is 401 g/mol. The van der Waals surface area contributed by atoms with Crippen molar-refractivity contribution in [3.8, 4) is 5.75 Å². The summed E-state index contributed by atoms with van der Waals surface area (Å²) in [5.74, 6) is -0.518. The minimum absolute atomic E-state index is 0.308. The number of esters is 1. The summed E-state index contributed by atoms with van der Waals surface area (Å²) in [5.41, 5.74) is 0. The van der Waals surface area contributed by atoms with Gasteiger partial charge in [0.25, 0.3) is 5.91 Å². The summed E-state index contributed by atoms with van der Waals surface area (Å²) in [6.45, 7) is -0.0327. The topological polar surface area (TPSA) is 64.6 Å². The second-order valence-corrected chi connectivity index (χ2v) is 6.69. The average molecular weight is 402 g/mol. The van der Waals surface area contributed by atoms with Gasteiger partial charge in [-0.3, -0.25) is 4.79 Å². The number of hydrogen-bond donors (Lipinski definition) is 1. The first kappa shape index (κ1) is 18.7. The fraction of sp³-hybridized carbons (Fsp3) is 0.529. The standard InChI is InChI=1S/C17H21BrFNO4/c18-14-8-13(19)6-7-15(14)23-11-17(22)24-10-16(21)20-9-12-4-2-1-3-5-12/h6-8,12H,1-5,9-11H2,(H,20,21). The summed E-state index contributed by atoms with van der Waals surface area (Å²) >= 11 is 3.14. The molecule has 0 radical (unpaired) electrons. The van der Waals surface area contributed by atoms with Crippen LogP contribution in [0.25, 0.3) is 0 Å². The Labute approximate surface area is 149 Å². The Kier molecular flexibility index (Phi) is 7.49. The van der Waals surface area contributed by atoms with Crippen LogP contribution in [-0.2, 0) is 14.3 Å². The minimum Gasteiger partial charge on any atom is -0.481 e. The molecule has 0 saturated heterocycles. The predicted molar refractivity (Wildman–Crippen MR) is 90.1 cm³/mol. The van der Waals surface area contributed by atoms with Gasteiger partial charge in [-0.15, -0.1) is 0 Å². The molecule has 5 nitrogen and oxygen atoms in total. The lowest BCUT2D eigenvalue weighted by molar-refractivity contribution is -0.150. The van der Waals surface area contributed by atoms with E-state index in [4.69, 9.17) is 9.47 Å². The van der Waals surface area contributed by atoms with E-state index in [9.17, 15) is 14.0 Å². The molecule has 0 spiro atoms. The molecule has 0 atom stereocenters. The quantitative estimate of drug-likeness (QED) is 0.712. The van der Waals surface area contributed by atoms with Crippen molar-refractivity contribution in [2.75, 3.05) is 19.8 Å². The largest absolute Gasteiger partial charge is 0.481 e. The molecule has 0 heterocycles. The van der Waals surface area contributed by atoms with Gasteiger partial charge in [-0.1, -0.05) is 19.3 Å². The minimum atomic E-state index is -0.654. The molecule has 1 aromatic carbocycles. The van der Waals surface area contributed by atoms with Crippen molar-refractivity contribution in [1.82, 2.24) is 5.32 Å². The van der Waals surface area contributed by atoms with Crippen LogP contribution in [0.2, 0.25) is 0 Å². The Balaban J connectivity index is 1.62. The molecular formula is C17H21BrFNO4. The van der Waals surface area contributed by atoms with E-state index in [0.717, 1.165) is 12.8 Å². The van der Waals surface area contributed by atoms with Gasteiger partial charge in [0.15, 0.2) is 13.2 Å². The van der Waals surface area contributed by atoms with E-state index in [-0.39, 0.29) is 19.1 Å². The van der Waals surface area contributed by atoms with Gasteiger partial charge in [0, 0.05) is 6.54 Å². The van der Waals surface area contributed by atoms with Crippen molar-refractivity contribution in [1.29, 1.82) is 0 Å². The van der Waals surface area contributed by atoms with Crippen LogP contribution >= 0.6 is 15.9 Å². The molecule has 1 fully saturated rings. The summed E-state index contributed by atoms with van der Waals surface area (Å²) in [6.07, 6.45) is 5.98. The van der Waals surface area contributed by atoms with Gasteiger partial charge in [0.05, 0.1) is 4.47 Å². The van der Waals surface area contributed by atoms with E-state index in [2.05, 4.69) is 21.2 Å². The van der Waals surface area contributed by atoms with Crippen LogP contribution in [0, 0.1) is 11.7 Å². The SMILES string of the molecule is O=C(COC(=O)COc1ccc(F)cc1Br)NCC1CCCCC1. The molecular weight excluding hydrogens is 381 g/mol. The van der Waals surface area contributed by atoms with Crippen molar-refractivity contribution in [3.05, 3.63) is 28.5 Å². The van der Waals surface area contributed by atoms with Gasteiger partial charge < -0.3 is 14.8 Å². The van der Waals surface area contributed by atoms with Crippen LogP contribution < -0.4 is 10.1 Å². The number of nitrogens with one attached hydrogen (secondary N) is 1. The van der Waals surface area contributed by atoms with Gasteiger partial charge in [-0.25, -0.2) is 9.18 Å². The van der Waals surface area contributed by atoms with Gasteiger partial charge in [-0.2, -0.15) is 0 Å². The average Bonchev–Trinajstić information content (AvgIpc) is 2.58. The molecule has 132 valence electrons. The van der Waals surface area contributed by atoms with Crippen molar-refractivity contribution in [3.63, 3.8) is 0 Å². The van der Waals surface area contributed by atoms with Gasteiger partial charge in [-0.05, 0) is 52.9 Å². The number of ether oxygens (including phenoxy) is 2. The van der Waals surface area contributed by atoms with Crippen LogP contribution in [0.4, 0.5) is 4.39 Å². The van der Waals surface area contributed by atoms with Gasteiger partial charge in [0.1, 0.15) is 11.6 Å². The van der Waals surface area contributed by atoms with E-state index >= 15 is 0 Å². The number of carbonyl (C=O) groups is 2. The van der Waals surface area contributed by atoms with Gasteiger partial charge in [0.2, 0.25) is 0 Å². The highest BCUT2D eigenvalue weighted by molar-refractivity contribution is 9.10. The molecule has 2 rings (SSSR count). The zero-order chi connectivity index (χ0) is 17.4. The first-order chi connectivity index (χ1) is 11.5. The van der Waals surface area contributed by atoms with E-state index in [1.54, 1.807) is 0 Å². The van der Waals surface area contributed by atoms with Crippen molar-refractivity contribution in [2.24, 2.45) is 5.92 Å². The summed E-state index contributed by atoms with van der Waals surface area (Å²) < 4.78 is 23.4. The summed E-state index contributed by atoms with van der Waals surface area (Å²) in [7, 11) is 0. The van der Waals surface area contributed by atoms with Crippen molar-refractivity contribution >= 4 is 27.8 Å². The van der Waals surface area contributed by atoms with Gasteiger partial charge >= 0.3 is 5.97 Å². The number of halogens is 2. The number of hydrogen-bond acceptors (Lipinski definition) is 4. The lowest BCUT2D eigenvalue weighted by Crippen LogP contribution is -2.34.